The van der Waals surface area contributed by atoms with Gasteiger partial charge in [0.25, 0.3) is 0 Å². The molecule has 0 aromatic heterocycles. The van der Waals surface area contributed by atoms with Gasteiger partial charge >= 0.3 is 0 Å². The number of benzene rings is 1. The Bertz CT molecular complexity index is 379. The van der Waals surface area contributed by atoms with E-state index >= 15 is 0 Å². The fraction of sp³-hybridized carbons (Fsp3) is 0.417. The van der Waals surface area contributed by atoms with Gasteiger partial charge in [0, 0.05) is 23.3 Å². The maximum atomic E-state index is 12.8. The number of hydrogen-bond acceptors (Lipinski definition) is 3. The van der Waals surface area contributed by atoms with Crippen molar-refractivity contribution in [1.82, 2.24) is 0 Å². The van der Waals surface area contributed by atoms with Crippen LogP contribution in [0.5, 0.6) is 5.75 Å². The highest BCUT2D eigenvalue weighted by Crippen LogP contribution is 2.23. The van der Waals surface area contributed by atoms with E-state index in [1.807, 2.05) is 6.92 Å². The summed E-state index contributed by atoms with van der Waals surface area (Å²) in [5.41, 5.74) is 6.18. The van der Waals surface area contributed by atoms with E-state index in [1.54, 1.807) is 0 Å². The lowest BCUT2D eigenvalue weighted by molar-refractivity contribution is 0.466. The van der Waals surface area contributed by atoms with Crippen molar-refractivity contribution >= 4 is 5.71 Å². The summed E-state index contributed by atoms with van der Waals surface area (Å²) >= 11 is 0. The minimum Gasteiger partial charge on any atom is -0.507 e. The molecule has 88 valence electrons. The first-order chi connectivity index (χ1) is 7.60. The molecule has 1 aromatic carbocycles. The molecule has 1 atom stereocenters. The molecule has 4 heteroatoms. The van der Waals surface area contributed by atoms with E-state index in [2.05, 4.69) is 0 Å². The van der Waals surface area contributed by atoms with E-state index in [1.165, 1.54) is 12.1 Å². The number of phenols is 1. The molecule has 3 nitrogen and oxygen atoms in total. The van der Waals surface area contributed by atoms with E-state index in [0.29, 0.717) is 24.2 Å². The summed E-state index contributed by atoms with van der Waals surface area (Å²) in [5.74, 6) is -0.664. The van der Waals surface area contributed by atoms with Crippen LogP contribution in [0, 0.1) is 17.1 Å². The molecule has 0 aliphatic rings. The number of nitrogens with two attached hydrogens (primary N) is 1. The molecule has 0 bridgehead atoms. The Morgan fingerprint density at radius 1 is 1.56 bits per heavy atom. The zero-order valence-corrected chi connectivity index (χ0v) is 9.33. The average Bonchev–Trinajstić information content (AvgIpc) is 2.25. The van der Waals surface area contributed by atoms with Crippen LogP contribution in [0.25, 0.3) is 0 Å². The highest BCUT2D eigenvalue weighted by molar-refractivity contribution is 6.02. The molecule has 16 heavy (non-hydrogen) atoms. The molecule has 0 radical (unpaired) electrons. The summed E-state index contributed by atoms with van der Waals surface area (Å²) in [6.45, 7) is 2.47. The Labute approximate surface area is 94.6 Å². The summed E-state index contributed by atoms with van der Waals surface area (Å²) in [6, 6.07) is 3.71. The number of halogens is 1. The smallest absolute Gasteiger partial charge is 0.127 e. The van der Waals surface area contributed by atoms with Gasteiger partial charge in [-0.05, 0) is 31.5 Å². The third-order valence-corrected chi connectivity index (χ3v) is 2.67. The average molecular weight is 224 g/mol. The number of rotatable bonds is 5. The van der Waals surface area contributed by atoms with E-state index in [9.17, 15) is 9.50 Å². The topological polar surface area (TPSA) is 70.1 Å². The van der Waals surface area contributed by atoms with Gasteiger partial charge in [0.05, 0.1) is 0 Å². The molecule has 1 unspecified atom stereocenters. The van der Waals surface area contributed by atoms with Gasteiger partial charge in [0.15, 0.2) is 0 Å². The van der Waals surface area contributed by atoms with Gasteiger partial charge < -0.3 is 16.2 Å². The predicted octanol–water partition coefficient (Wildman–Crippen LogP) is 2.27. The monoisotopic (exact) mass is 224 g/mol. The lowest BCUT2D eigenvalue weighted by atomic mass is 9.91. The molecule has 0 saturated heterocycles. The van der Waals surface area contributed by atoms with E-state index in [4.69, 9.17) is 11.1 Å². The van der Waals surface area contributed by atoms with Gasteiger partial charge in [0.2, 0.25) is 0 Å². The van der Waals surface area contributed by atoms with Crippen molar-refractivity contribution < 1.29 is 9.50 Å². The Balaban J connectivity index is 2.94. The molecule has 0 fully saturated rings. The van der Waals surface area contributed by atoms with Gasteiger partial charge in [-0.3, -0.25) is 0 Å². The zero-order chi connectivity index (χ0) is 12.1. The molecule has 0 aliphatic heterocycles. The van der Waals surface area contributed by atoms with Gasteiger partial charge in [-0.1, -0.05) is 6.92 Å². The second-order valence-corrected chi connectivity index (χ2v) is 3.76. The first-order valence-corrected chi connectivity index (χ1v) is 5.37. The van der Waals surface area contributed by atoms with Crippen LogP contribution in [0.1, 0.15) is 25.3 Å². The second-order valence-electron chi connectivity index (χ2n) is 3.76. The van der Waals surface area contributed by atoms with Gasteiger partial charge in [0.1, 0.15) is 11.6 Å². The largest absolute Gasteiger partial charge is 0.507 e. The number of aromatic hydroxyl groups is 1. The zero-order valence-electron chi connectivity index (χ0n) is 9.33. The molecule has 0 amide bonds. The molecule has 0 saturated carbocycles. The molecular weight excluding hydrogens is 207 g/mol. The Kier molecular flexibility index (Phi) is 4.43. The number of hydrogen-bond donors (Lipinski definition) is 3. The van der Waals surface area contributed by atoms with Crippen LogP contribution in [-0.2, 0) is 0 Å². The molecule has 0 spiro atoms. The maximum Gasteiger partial charge on any atom is 0.127 e. The minimum absolute atomic E-state index is 0.0151. The molecule has 0 heterocycles. The lowest BCUT2D eigenvalue weighted by Gasteiger charge is -2.16. The van der Waals surface area contributed by atoms with Crippen LogP contribution in [0.2, 0.25) is 0 Å². The van der Waals surface area contributed by atoms with E-state index in [0.717, 1.165) is 12.5 Å². The lowest BCUT2D eigenvalue weighted by Crippen LogP contribution is -2.18. The SMILES string of the molecule is CCC(CCN)C(=N)c1ccc(F)cc1O. The fourth-order valence-electron chi connectivity index (χ4n) is 1.71. The van der Waals surface area contributed by atoms with Crippen molar-refractivity contribution in [3.05, 3.63) is 29.6 Å². The van der Waals surface area contributed by atoms with Gasteiger partial charge in [-0.25, -0.2) is 4.39 Å². The van der Waals surface area contributed by atoms with Crippen molar-refractivity contribution in [3.63, 3.8) is 0 Å². The van der Waals surface area contributed by atoms with E-state index in [-0.39, 0.29) is 11.7 Å². The molecular formula is C12H17FN2O. The first-order valence-electron chi connectivity index (χ1n) is 5.37. The van der Waals surface area contributed by atoms with Crippen LogP contribution in [0.15, 0.2) is 18.2 Å². The quantitative estimate of drug-likeness (QED) is 0.671. The molecule has 0 aliphatic carbocycles. The molecule has 1 rings (SSSR count). The highest BCUT2D eigenvalue weighted by Gasteiger charge is 2.16. The van der Waals surface area contributed by atoms with Crippen LogP contribution in [0.3, 0.4) is 0 Å². The van der Waals surface area contributed by atoms with Gasteiger partial charge in [-0.15, -0.1) is 0 Å². The third kappa shape index (κ3) is 2.79. The fourth-order valence-corrected chi connectivity index (χ4v) is 1.71. The Morgan fingerprint density at radius 2 is 2.25 bits per heavy atom. The van der Waals surface area contributed by atoms with Crippen LogP contribution in [0.4, 0.5) is 4.39 Å². The number of phenolic OH excluding ortho intramolecular Hbond substituents is 1. The van der Waals surface area contributed by atoms with Gasteiger partial charge in [-0.2, -0.15) is 0 Å². The van der Waals surface area contributed by atoms with Crippen molar-refractivity contribution in [1.29, 1.82) is 5.41 Å². The summed E-state index contributed by atoms with van der Waals surface area (Å²) in [5, 5.41) is 17.5. The number of nitrogens with one attached hydrogen (secondary N) is 1. The molecule has 4 N–H and O–H groups in total. The summed E-state index contributed by atoms with van der Waals surface area (Å²) < 4.78 is 12.8. The predicted molar refractivity (Wildman–Crippen MR) is 62.3 cm³/mol. The Morgan fingerprint density at radius 3 is 2.75 bits per heavy atom. The van der Waals surface area contributed by atoms with Crippen molar-refractivity contribution in [2.75, 3.05) is 6.54 Å². The maximum absolute atomic E-state index is 12.8. The van der Waals surface area contributed by atoms with Crippen molar-refractivity contribution in [2.45, 2.75) is 19.8 Å². The minimum atomic E-state index is -0.499. The molecule has 1 aromatic rings. The standard InChI is InChI=1S/C12H17FN2O/c1-2-8(5-6-14)12(15)10-4-3-9(13)7-11(10)16/h3-4,7-8,15-16H,2,5-6,14H2,1H3. The summed E-state index contributed by atoms with van der Waals surface area (Å²) in [4.78, 5) is 0. The van der Waals surface area contributed by atoms with Crippen LogP contribution in [-0.4, -0.2) is 17.4 Å². The second kappa shape index (κ2) is 5.61. The third-order valence-electron chi connectivity index (χ3n) is 2.67. The van der Waals surface area contributed by atoms with Crippen LogP contribution >= 0.6 is 0 Å². The summed E-state index contributed by atoms with van der Waals surface area (Å²) in [6.07, 6.45) is 1.49. The first kappa shape index (κ1) is 12.6. The normalized spacial score (nSPS) is 12.4. The van der Waals surface area contributed by atoms with Crippen molar-refractivity contribution in [2.24, 2.45) is 11.7 Å². The Hall–Kier alpha value is -1.42. The van der Waals surface area contributed by atoms with E-state index < -0.39 is 5.82 Å². The van der Waals surface area contributed by atoms with Crippen molar-refractivity contribution in [3.8, 4) is 5.75 Å². The highest BCUT2D eigenvalue weighted by atomic mass is 19.1. The summed E-state index contributed by atoms with van der Waals surface area (Å²) in [7, 11) is 0. The van der Waals surface area contributed by atoms with Crippen LogP contribution < -0.4 is 5.73 Å².